The third-order valence-corrected chi connectivity index (χ3v) is 9.99. The SMILES string of the molecule is O=C(Nc1ccc(-c2cnc(-c3ccc(NC(=O)[C@@H]4CCCCN4C(=O)Cc4ccccc4)cc3)o2)cc1)[C@@H]1CCCCN1C(=O)Cc1ccccc1. The molecule has 5 aromatic rings. The number of aromatic nitrogens is 1. The first-order valence-corrected chi connectivity index (χ1v) is 18.4. The summed E-state index contributed by atoms with van der Waals surface area (Å²) in [5.74, 6) is 0.544. The minimum Gasteiger partial charge on any atom is -0.436 e. The van der Waals surface area contributed by atoms with E-state index in [1.807, 2.05) is 97.1 Å². The third kappa shape index (κ3) is 8.72. The maximum absolute atomic E-state index is 13.3. The molecule has 2 aliphatic rings. The van der Waals surface area contributed by atoms with Gasteiger partial charge in [-0.1, -0.05) is 60.7 Å². The number of anilines is 2. The van der Waals surface area contributed by atoms with Gasteiger partial charge in [0.2, 0.25) is 29.5 Å². The number of oxazole rings is 1. The van der Waals surface area contributed by atoms with E-state index >= 15 is 0 Å². The van der Waals surface area contributed by atoms with E-state index in [0.29, 0.717) is 49.0 Å². The van der Waals surface area contributed by atoms with Gasteiger partial charge in [0.15, 0.2) is 5.76 Å². The quantitative estimate of drug-likeness (QED) is 0.159. The predicted octanol–water partition coefficient (Wildman–Crippen LogP) is 7.13. The zero-order valence-corrected chi connectivity index (χ0v) is 29.6. The van der Waals surface area contributed by atoms with Crippen molar-refractivity contribution in [2.75, 3.05) is 23.7 Å². The van der Waals surface area contributed by atoms with Crippen LogP contribution in [0, 0.1) is 0 Å². The summed E-state index contributed by atoms with van der Waals surface area (Å²) in [6, 6.07) is 32.8. The Morgan fingerprint density at radius 2 is 1.04 bits per heavy atom. The molecule has 7 rings (SSSR count). The van der Waals surface area contributed by atoms with Crippen molar-refractivity contribution in [1.29, 1.82) is 0 Å². The van der Waals surface area contributed by atoms with Crippen LogP contribution >= 0.6 is 0 Å². The number of likely N-dealkylation sites (tertiary alicyclic amines) is 2. The molecule has 3 heterocycles. The molecule has 2 saturated heterocycles. The average molecular weight is 710 g/mol. The lowest BCUT2D eigenvalue weighted by Crippen LogP contribution is -2.50. The Hall–Kier alpha value is -6.03. The average Bonchev–Trinajstić information content (AvgIpc) is 3.70. The Morgan fingerprint density at radius 3 is 1.51 bits per heavy atom. The molecule has 1 aromatic heterocycles. The monoisotopic (exact) mass is 709 g/mol. The summed E-state index contributed by atoms with van der Waals surface area (Å²) < 4.78 is 6.09. The van der Waals surface area contributed by atoms with E-state index in [1.54, 1.807) is 28.1 Å². The molecule has 10 heteroatoms. The van der Waals surface area contributed by atoms with Gasteiger partial charge in [0.1, 0.15) is 12.1 Å². The van der Waals surface area contributed by atoms with E-state index < -0.39 is 12.1 Å². The molecule has 0 saturated carbocycles. The van der Waals surface area contributed by atoms with Crippen molar-refractivity contribution < 1.29 is 23.6 Å². The predicted molar refractivity (Wildman–Crippen MR) is 204 cm³/mol. The van der Waals surface area contributed by atoms with Gasteiger partial charge in [0.05, 0.1) is 19.0 Å². The maximum Gasteiger partial charge on any atom is 0.247 e. The smallest absolute Gasteiger partial charge is 0.247 e. The van der Waals surface area contributed by atoms with Crippen LogP contribution in [-0.4, -0.2) is 63.6 Å². The number of amides is 4. The van der Waals surface area contributed by atoms with Gasteiger partial charge in [-0.25, -0.2) is 4.98 Å². The highest BCUT2D eigenvalue weighted by molar-refractivity contribution is 5.98. The van der Waals surface area contributed by atoms with Crippen molar-refractivity contribution >= 4 is 35.0 Å². The Balaban J connectivity index is 0.940. The minimum atomic E-state index is -0.510. The Bertz CT molecular complexity index is 1880. The molecule has 2 atom stereocenters. The second-order valence-corrected chi connectivity index (χ2v) is 13.7. The maximum atomic E-state index is 13.3. The number of rotatable bonds is 10. The second-order valence-electron chi connectivity index (χ2n) is 13.7. The summed E-state index contributed by atoms with van der Waals surface area (Å²) in [6.45, 7) is 1.15. The Labute approximate surface area is 309 Å². The number of hydrogen-bond donors (Lipinski definition) is 2. The number of benzene rings is 4. The first kappa shape index (κ1) is 35.4. The molecule has 4 amide bonds. The van der Waals surface area contributed by atoms with Crippen molar-refractivity contribution in [2.24, 2.45) is 0 Å². The molecule has 4 aromatic carbocycles. The van der Waals surface area contributed by atoms with Crippen LogP contribution < -0.4 is 10.6 Å². The van der Waals surface area contributed by atoms with E-state index in [4.69, 9.17) is 4.42 Å². The number of piperidine rings is 2. The van der Waals surface area contributed by atoms with Crippen molar-refractivity contribution in [3.63, 3.8) is 0 Å². The molecule has 2 fully saturated rings. The number of nitrogens with one attached hydrogen (secondary N) is 2. The van der Waals surface area contributed by atoms with E-state index in [1.165, 1.54) is 0 Å². The van der Waals surface area contributed by atoms with Gasteiger partial charge >= 0.3 is 0 Å². The lowest BCUT2D eigenvalue weighted by atomic mass is 9.99. The number of hydrogen-bond acceptors (Lipinski definition) is 6. The Morgan fingerprint density at radius 1 is 0.585 bits per heavy atom. The zero-order valence-electron chi connectivity index (χ0n) is 29.6. The molecule has 2 aliphatic heterocycles. The number of carbonyl (C=O) groups is 4. The third-order valence-electron chi connectivity index (χ3n) is 9.99. The summed E-state index contributed by atoms with van der Waals surface area (Å²) >= 11 is 0. The van der Waals surface area contributed by atoms with Crippen LogP contribution in [0.25, 0.3) is 22.8 Å². The van der Waals surface area contributed by atoms with E-state index in [-0.39, 0.29) is 36.5 Å². The van der Waals surface area contributed by atoms with Crippen LogP contribution in [0.15, 0.2) is 120 Å². The van der Waals surface area contributed by atoms with Crippen LogP contribution in [0.5, 0.6) is 0 Å². The molecule has 0 spiro atoms. The van der Waals surface area contributed by atoms with Crippen molar-refractivity contribution in [1.82, 2.24) is 14.8 Å². The van der Waals surface area contributed by atoms with Gasteiger partial charge in [0.25, 0.3) is 0 Å². The number of nitrogens with zero attached hydrogens (tertiary/aromatic N) is 3. The van der Waals surface area contributed by atoms with E-state index in [9.17, 15) is 19.2 Å². The highest BCUT2D eigenvalue weighted by Crippen LogP contribution is 2.29. The van der Waals surface area contributed by atoms with Crippen molar-refractivity contribution in [3.05, 3.63) is 127 Å². The lowest BCUT2D eigenvalue weighted by molar-refractivity contribution is -0.139. The lowest BCUT2D eigenvalue weighted by Gasteiger charge is -2.34. The molecule has 2 N–H and O–H groups in total. The molecule has 0 radical (unpaired) electrons. The van der Waals surface area contributed by atoms with Crippen LogP contribution in [0.1, 0.15) is 49.7 Å². The van der Waals surface area contributed by atoms with Gasteiger partial charge in [-0.05, 0) is 98.2 Å². The first-order chi connectivity index (χ1) is 25.9. The topological polar surface area (TPSA) is 125 Å². The van der Waals surface area contributed by atoms with Crippen LogP contribution in [-0.2, 0) is 32.0 Å². The summed E-state index contributed by atoms with van der Waals surface area (Å²) in [6.07, 6.45) is 7.03. The second kappa shape index (κ2) is 16.5. The highest BCUT2D eigenvalue weighted by atomic mass is 16.4. The fourth-order valence-corrected chi connectivity index (χ4v) is 7.16. The summed E-state index contributed by atoms with van der Waals surface area (Å²) in [5, 5.41) is 5.99. The van der Waals surface area contributed by atoms with Crippen LogP contribution in [0.2, 0.25) is 0 Å². The number of carbonyl (C=O) groups excluding carboxylic acids is 4. The molecule has 53 heavy (non-hydrogen) atoms. The summed E-state index contributed by atoms with van der Waals surface area (Å²) in [7, 11) is 0. The van der Waals surface area contributed by atoms with Gasteiger partial charge in [0, 0.05) is 35.6 Å². The molecular weight excluding hydrogens is 667 g/mol. The largest absolute Gasteiger partial charge is 0.436 e. The van der Waals surface area contributed by atoms with E-state index in [0.717, 1.165) is 47.9 Å². The minimum absolute atomic E-state index is 0.0365. The molecule has 0 bridgehead atoms. The fourth-order valence-electron chi connectivity index (χ4n) is 7.16. The summed E-state index contributed by atoms with van der Waals surface area (Å²) in [5.41, 5.74) is 4.67. The van der Waals surface area contributed by atoms with E-state index in [2.05, 4.69) is 15.6 Å². The summed E-state index contributed by atoms with van der Waals surface area (Å²) in [4.78, 5) is 60.9. The normalized spacial score (nSPS) is 17.2. The van der Waals surface area contributed by atoms with Crippen LogP contribution in [0.3, 0.4) is 0 Å². The molecule has 0 aliphatic carbocycles. The first-order valence-electron chi connectivity index (χ1n) is 18.4. The Kier molecular flexibility index (Phi) is 11.0. The molecular formula is C43H43N5O5. The van der Waals surface area contributed by atoms with Gasteiger partial charge in [-0.2, -0.15) is 0 Å². The fraction of sp³-hybridized carbons (Fsp3) is 0.279. The van der Waals surface area contributed by atoms with Gasteiger partial charge < -0.3 is 24.9 Å². The zero-order chi connectivity index (χ0) is 36.6. The molecule has 10 nitrogen and oxygen atoms in total. The highest BCUT2D eigenvalue weighted by Gasteiger charge is 2.33. The standard InChI is InChI=1S/C43H43N5O5/c49-39(27-30-11-3-1-4-12-30)47-25-9-7-15-36(47)41(51)45-34-21-17-32(18-22-34)38-29-44-43(53-38)33-19-23-35(24-20-33)46-42(52)37-16-8-10-26-48(37)40(50)28-31-13-5-2-6-14-31/h1-6,11-14,17-24,29,36-37H,7-10,15-16,25-28H2,(H,45,51)(H,46,52)/t36-,37-/m0/s1. The van der Waals surface area contributed by atoms with Crippen molar-refractivity contribution in [2.45, 2.75) is 63.5 Å². The van der Waals surface area contributed by atoms with Crippen LogP contribution in [0.4, 0.5) is 11.4 Å². The molecule has 270 valence electrons. The van der Waals surface area contributed by atoms with Gasteiger partial charge in [-0.15, -0.1) is 0 Å². The molecule has 0 unspecified atom stereocenters. The van der Waals surface area contributed by atoms with Crippen molar-refractivity contribution in [3.8, 4) is 22.8 Å². The van der Waals surface area contributed by atoms with Gasteiger partial charge in [-0.3, -0.25) is 19.2 Å².